The van der Waals surface area contributed by atoms with E-state index in [-0.39, 0.29) is 26.4 Å². The van der Waals surface area contributed by atoms with Crippen molar-refractivity contribution in [2.24, 2.45) is 0 Å². The average molecular weight is 431 g/mol. The molecule has 0 atom stereocenters. The van der Waals surface area contributed by atoms with E-state index in [1.54, 1.807) is 0 Å². The van der Waals surface area contributed by atoms with E-state index in [0.717, 1.165) is 0 Å². The summed E-state index contributed by atoms with van der Waals surface area (Å²) in [5, 5.41) is 0. The zero-order valence-corrected chi connectivity index (χ0v) is 23.2. The van der Waals surface area contributed by atoms with E-state index in [2.05, 4.69) is 62.3 Å². The molecule has 0 saturated carbocycles. The molecule has 0 unspecified atom stereocenters. The van der Waals surface area contributed by atoms with Gasteiger partial charge < -0.3 is 14.7 Å². The van der Waals surface area contributed by atoms with Crippen molar-refractivity contribution in [3.8, 4) is 0 Å². The molecule has 0 aliphatic carbocycles. The lowest BCUT2D eigenvalue weighted by Gasteiger charge is -2.03. The number of hydrogen-bond acceptors (Lipinski definition) is 3. The third kappa shape index (κ3) is 36.6. The zero-order valence-electron chi connectivity index (χ0n) is 18.9. The molecule has 0 rings (SSSR count). The Labute approximate surface area is 166 Å². The summed E-state index contributed by atoms with van der Waals surface area (Å²) < 4.78 is 0. The first kappa shape index (κ1) is 33.5. The van der Waals surface area contributed by atoms with E-state index < -0.39 is 8.60 Å². The Morgan fingerprint density at radius 3 is 0.480 bits per heavy atom. The Balaban J connectivity index is -0.000000120. The van der Waals surface area contributed by atoms with E-state index in [9.17, 15) is 0 Å². The SMILES string of the molecule is CC[SiH](CC)CC.CC[SiH](CC)CC.CC[SiH](CC)CC.OP(O)O. The summed E-state index contributed by atoms with van der Waals surface area (Å²) in [6, 6.07) is 13.4. The lowest BCUT2D eigenvalue weighted by Crippen LogP contribution is -2.04. The summed E-state index contributed by atoms with van der Waals surface area (Å²) in [4.78, 5) is 21.7. The van der Waals surface area contributed by atoms with Crippen LogP contribution in [0.25, 0.3) is 0 Å². The molecule has 7 heteroatoms. The number of rotatable bonds is 9. The number of hydrogen-bond donors (Lipinski definition) is 3. The lowest BCUT2D eigenvalue weighted by atomic mass is 10.9. The standard InChI is InChI=1S/3C6H16Si.H3O3P/c3*1-4-7(5-2)6-3;1-4(2)3/h3*7H,4-6H2,1-3H3;1-3H. The minimum atomic E-state index is -2.62. The normalized spacial score (nSPS) is 10.1. The predicted octanol–water partition coefficient (Wildman–Crippen LogP) is 6.01. The van der Waals surface area contributed by atoms with Crippen molar-refractivity contribution >= 4 is 35.0 Å². The highest BCUT2D eigenvalue weighted by Gasteiger charge is 1.99. The first-order valence-corrected chi connectivity index (χ1v) is 19.2. The van der Waals surface area contributed by atoms with Crippen LogP contribution in [0.5, 0.6) is 0 Å². The molecule has 158 valence electrons. The zero-order chi connectivity index (χ0) is 20.7. The summed E-state index contributed by atoms with van der Waals surface area (Å²) >= 11 is 0. The third-order valence-corrected chi connectivity index (χ3v) is 15.6. The first-order chi connectivity index (χ1) is 11.8. The summed E-state index contributed by atoms with van der Waals surface area (Å²) in [6.45, 7) is 20.9. The van der Waals surface area contributed by atoms with E-state index in [1.165, 1.54) is 54.4 Å². The fourth-order valence-electron chi connectivity index (χ4n) is 2.60. The Morgan fingerprint density at radius 2 is 0.480 bits per heavy atom. The molecule has 0 aliphatic heterocycles. The van der Waals surface area contributed by atoms with Gasteiger partial charge in [-0.15, -0.1) is 0 Å². The largest absolute Gasteiger partial charge is 0.328 e. The highest BCUT2D eigenvalue weighted by atomic mass is 31.2. The molecule has 0 spiro atoms. The van der Waals surface area contributed by atoms with E-state index >= 15 is 0 Å². The maximum atomic E-state index is 7.23. The van der Waals surface area contributed by atoms with Gasteiger partial charge in [-0.05, 0) is 0 Å². The van der Waals surface area contributed by atoms with Crippen molar-refractivity contribution in [3.63, 3.8) is 0 Å². The maximum Gasteiger partial charge on any atom is 0.324 e. The van der Waals surface area contributed by atoms with Gasteiger partial charge in [0.2, 0.25) is 0 Å². The average Bonchev–Trinajstić information content (AvgIpc) is 2.60. The Bertz CT molecular complexity index is 154. The van der Waals surface area contributed by atoms with Crippen molar-refractivity contribution in [2.75, 3.05) is 0 Å². The molecular weight excluding hydrogens is 379 g/mol. The Morgan fingerprint density at radius 1 is 0.400 bits per heavy atom. The molecule has 0 radical (unpaired) electrons. The van der Waals surface area contributed by atoms with E-state index in [0.29, 0.717) is 0 Å². The van der Waals surface area contributed by atoms with E-state index in [1.807, 2.05) is 0 Å². The maximum absolute atomic E-state index is 7.23. The summed E-state index contributed by atoms with van der Waals surface area (Å²) in [5.41, 5.74) is 0. The van der Waals surface area contributed by atoms with Gasteiger partial charge in [0.05, 0.1) is 0 Å². The molecule has 0 fully saturated rings. The second-order valence-corrected chi connectivity index (χ2v) is 19.6. The van der Waals surface area contributed by atoms with Gasteiger partial charge in [-0.25, -0.2) is 0 Å². The van der Waals surface area contributed by atoms with Crippen LogP contribution in [0.1, 0.15) is 62.3 Å². The summed E-state index contributed by atoms with van der Waals surface area (Å²) in [6.07, 6.45) is 0. The molecule has 0 aliphatic rings. The third-order valence-electron chi connectivity index (χ3n) is 5.20. The van der Waals surface area contributed by atoms with Crippen LogP contribution in [-0.2, 0) is 0 Å². The van der Waals surface area contributed by atoms with Crippen LogP contribution in [0.15, 0.2) is 0 Å². The van der Waals surface area contributed by atoms with Gasteiger partial charge in [0.15, 0.2) is 0 Å². The van der Waals surface area contributed by atoms with Gasteiger partial charge in [-0.1, -0.05) is 117 Å². The summed E-state index contributed by atoms with van der Waals surface area (Å²) in [5.74, 6) is 0. The van der Waals surface area contributed by atoms with Gasteiger partial charge >= 0.3 is 8.60 Å². The first-order valence-electron chi connectivity index (χ1n) is 10.6. The van der Waals surface area contributed by atoms with Gasteiger partial charge in [0.25, 0.3) is 0 Å². The van der Waals surface area contributed by atoms with Crippen LogP contribution >= 0.6 is 8.60 Å². The molecule has 0 aromatic rings. The fraction of sp³-hybridized carbons (Fsp3) is 1.00. The second-order valence-electron chi connectivity index (χ2n) is 6.54. The topological polar surface area (TPSA) is 60.7 Å². The van der Waals surface area contributed by atoms with Crippen molar-refractivity contribution in [1.82, 2.24) is 0 Å². The van der Waals surface area contributed by atoms with Crippen LogP contribution in [0.4, 0.5) is 0 Å². The molecule has 25 heavy (non-hydrogen) atoms. The van der Waals surface area contributed by atoms with Crippen LogP contribution in [0, 0.1) is 0 Å². The molecule has 0 aromatic carbocycles. The highest BCUT2D eigenvalue weighted by Crippen LogP contribution is 2.11. The molecule has 3 nitrogen and oxygen atoms in total. The van der Waals surface area contributed by atoms with Gasteiger partial charge in [0.1, 0.15) is 0 Å². The summed E-state index contributed by atoms with van der Waals surface area (Å²) in [7, 11) is -3.13. The van der Waals surface area contributed by atoms with Crippen molar-refractivity contribution < 1.29 is 14.7 Å². The monoisotopic (exact) mass is 430 g/mol. The van der Waals surface area contributed by atoms with Crippen LogP contribution in [0.2, 0.25) is 54.4 Å². The van der Waals surface area contributed by atoms with Gasteiger partial charge in [-0.2, -0.15) is 0 Å². The molecule has 0 amide bonds. The van der Waals surface area contributed by atoms with Crippen LogP contribution in [0.3, 0.4) is 0 Å². The Kier molecular flexibility index (Phi) is 39.9. The quantitative estimate of drug-likeness (QED) is 0.310. The molecular formula is C18H51O3PSi3. The van der Waals surface area contributed by atoms with Gasteiger partial charge in [-0.3, -0.25) is 0 Å². The van der Waals surface area contributed by atoms with Crippen molar-refractivity contribution in [3.05, 3.63) is 0 Å². The van der Waals surface area contributed by atoms with Crippen molar-refractivity contribution in [2.45, 2.75) is 117 Å². The highest BCUT2D eigenvalue weighted by molar-refractivity contribution is 7.38. The predicted molar refractivity (Wildman–Crippen MR) is 129 cm³/mol. The lowest BCUT2D eigenvalue weighted by molar-refractivity contribution is 0.368. The molecule has 0 heterocycles. The van der Waals surface area contributed by atoms with Crippen molar-refractivity contribution in [1.29, 1.82) is 0 Å². The smallest absolute Gasteiger partial charge is 0.324 e. The minimum Gasteiger partial charge on any atom is -0.328 e. The van der Waals surface area contributed by atoms with E-state index in [4.69, 9.17) is 14.7 Å². The molecule has 0 aromatic heterocycles. The van der Waals surface area contributed by atoms with Gasteiger partial charge in [0, 0.05) is 26.4 Å². The molecule has 3 N–H and O–H groups in total. The minimum absolute atomic E-state index is 0.171. The molecule has 0 bridgehead atoms. The van der Waals surface area contributed by atoms with Crippen LogP contribution < -0.4 is 0 Å². The fourth-order valence-corrected chi connectivity index (χ4v) is 7.79. The molecule has 0 saturated heterocycles. The van der Waals surface area contributed by atoms with Crippen LogP contribution in [-0.4, -0.2) is 41.1 Å². The second kappa shape index (κ2) is 29.7. The Hall–Kier alpha value is 0.961.